The molecule has 2 atom stereocenters. The van der Waals surface area contributed by atoms with Gasteiger partial charge in [0.25, 0.3) is 0 Å². The van der Waals surface area contributed by atoms with E-state index in [0.29, 0.717) is 47.2 Å². The van der Waals surface area contributed by atoms with E-state index in [1.165, 1.54) is 17.7 Å². The van der Waals surface area contributed by atoms with Crippen LogP contribution in [0, 0.1) is 17.2 Å². The fraction of sp³-hybridized carbons (Fsp3) is 0.520. The topological polar surface area (TPSA) is 114 Å². The Hall–Kier alpha value is -3.22. The minimum atomic E-state index is -0.271. The van der Waals surface area contributed by atoms with E-state index in [1.54, 1.807) is 18.0 Å². The molecule has 178 valence electrons. The smallest absolute Gasteiger partial charge is 0.243 e. The maximum atomic E-state index is 13.2. The monoisotopic (exact) mass is 461 g/mol. The van der Waals surface area contributed by atoms with Gasteiger partial charge in [-0.3, -0.25) is 14.8 Å². The average molecular weight is 462 g/mol. The second-order valence-electron chi connectivity index (χ2n) is 9.35. The van der Waals surface area contributed by atoms with Crippen molar-refractivity contribution in [3.8, 4) is 17.6 Å². The van der Waals surface area contributed by atoms with Gasteiger partial charge >= 0.3 is 0 Å². The quantitative estimate of drug-likeness (QED) is 0.604. The molecule has 1 amide bonds. The number of anilines is 1. The standard InChI is InChI=1S/C25H31N7O2/c1-4-16-5-6-20-19(11-16)23(30-29-20)24-27-21-13-18(12-17(14-26)22(21)28-24)31(3)25(33)15(2)32-7-9-34-10-8-32/h12-13,15-16H,4-11H2,1-3H3,(H,27,28)(H,29,30)/t15-,16-/m0/s1. The number of aromatic nitrogens is 4. The molecule has 1 aromatic carbocycles. The van der Waals surface area contributed by atoms with Crippen molar-refractivity contribution < 1.29 is 9.53 Å². The Balaban J connectivity index is 1.47. The van der Waals surface area contributed by atoms with Gasteiger partial charge in [0, 0.05) is 37.1 Å². The van der Waals surface area contributed by atoms with E-state index in [2.05, 4.69) is 33.1 Å². The van der Waals surface area contributed by atoms with Crippen LogP contribution < -0.4 is 4.90 Å². The number of aromatic amines is 2. The van der Waals surface area contributed by atoms with Crippen molar-refractivity contribution in [2.24, 2.45) is 5.92 Å². The first kappa shape index (κ1) is 22.6. The Kier molecular flexibility index (Phi) is 6.11. The predicted molar refractivity (Wildman–Crippen MR) is 129 cm³/mol. The van der Waals surface area contributed by atoms with E-state index in [1.807, 2.05) is 13.0 Å². The molecular weight excluding hydrogens is 430 g/mol. The molecule has 0 spiro atoms. The lowest BCUT2D eigenvalue weighted by atomic mass is 9.85. The van der Waals surface area contributed by atoms with Gasteiger partial charge in [-0.15, -0.1) is 0 Å². The molecule has 2 aliphatic rings. The molecule has 3 heterocycles. The molecule has 2 aromatic heterocycles. The summed E-state index contributed by atoms with van der Waals surface area (Å²) in [7, 11) is 1.75. The number of aryl methyl sites for hydroxylation is 1. The van der Waals surface area contributed by atoms with E-state index in [9.17, 15) is 10.1 Å². The SMILES string of the molecule is CC[C@H]1CCc2[nH]nc(-c3nc4cc(N(C)C(=O)[C@H](C)N5CCOCC5)cc(C#N)c4[nH]3)c2C1. The number of carbonyl (C=O) groups is 1. The number of nitriles is 1. The van der Waals surface area contributed by atoms with Crippen LogP contribution in [-0.4, -0.2) is 70.4 Å². The summed E-state index contributed by atoms with van der Waals surface area (Å²) in [5.41, 5.74) is 5.68. The van der Waals surface area contributed by atoms with Crippen LogP contribution in [0.1, 0.15) is 43.5 Å². The van der Waals surface area contributed by atoms with E-state index in [-0.39, 0.29) is 11.9 Å². The van der Waals surface area contributed by atoms with Gasteiger partial charge in [0.1, 0.15) is 11.8 Å². The highest BCUT2D eigenvalue weighted by Gasteiger charge is 2.28. The number of nitrogens with one attached hydrogen (secondary N) is 2. The minimum absolute atomic E-state index is 0.0205. The number of nitrogens with zero attached hydrogens (tertiary/aromatic N) is 5. The van der Waals surface area contributed by atoms with Gasteiger partial charge in [0.05, 0.1) is 35.9 Å². The van der Waals surface area contributed by atoms with Gasteiger partial charge in [0.15, 0.2) is 5.82 Å². The third-order valence-corrected chi connectivity index (χ3v) is 7.42. The first-order valence-corrected chi connectivity index (χ1v) is 12.1. The number of ether oxygens (including phenoxy) is 1. The summed E-state index contributed by atoms with van der Waals surface area (Å²) in [6.45, 7) is 6.90. The molecule has 1 fully saturated rings. The number of likely N-dealkylation sites (N-methyl/N-ethyl adjacent to an activating group) is 1. The average Bonchev–Trinajstić information content (AvgIpc) is 3.50. The van der Waals surface area contributed by atoms with Crippen LogP contribution in [0.4, 0.5) is 5.69 Å². The summed E-state index contributed by atoms with van der Waals surface area (Å²) in [5, 5.41) is 17.6. The zero-order valence-electron chi connectivity index (χ0n) is 20.0. The van der Waals surface area contributed by atoms with E-state index >= 15 is 0 Å². The number of amides is 1. The Morgan fingerprint density at radius 3 is 2.91 bits per heavy atom. The van der Waals surface area contributed by atoms with E-state index < -0.39 is 0 Å². The fourth-order valence-corrected chi connectivity index (χ4v) is 5.13. The van der Waals surface area contributed by atoms with Crippen molar-refractivity contribution >= 4 is 22.6 Å². The molecule has 0 radical (unpaired) electrons. The van der Waals surface area contributed by atoms with Gasteiger partial charge in [-0.25, -0.2) is 4.98 Å². The molecule has 0 saturated carbocycles. The molecule has 3 aromatic rings. The molecule has 0 unspecified atom stereocenters. The van der Waals surface area contributed by atoms with E-state index in [0.717, 1.165) is 38.0 Å². The number of hydrogen-bond acceptors (Lipinski definition) is 6. The Bertz CT molecular complexity index is 1250. The molecule has 9 nitrogen and oxygen atoms in total. The van der Waals surface area contributed by atoms with Crippen molar-refractivity contribution in [2.45, 2.75) is 45.6 Å². The summed E-state index contributed by atoms with van der Waals surface area (Å²) in [6.07, 6.45) is 4.32. The number of imidazole rings is 1. The number of carbonyl (C=O) groups excluding carboxylic acids is 1. The summed E-state index contributed by atoms with van der Waals surface area (Å²) in [4.78, 5) is 25.1. The number of hydrogen-bond donors (Lipinski definition) is 2. The first-order valence-electron chi connectivity index (χ1n) is 12.1. The Labute approximate surface area is 199 Å². The predicted octanol–water partition coefficient (Wildman–Crippen LogP) is 3.02. The van der Waals surface area contributed by atoms with Gasteiger partial charge < -0.3 is 14.6 Å². The van der Waals surface area contributed by atoms with Gasteiger partial charge in [-0.1, -0.05) is 13.3 Å². The zero-order chi connectivity index (χ0) is 23.8. The number of morpholine rings is 1. The minimum Gasteiger partial charge on any atom is -0.379 e. The van der Waals surface area contributed by atoms with Crippen molar-refractivity contribution in [3.63, 3.8) is 0 Å². The lowest BCUT2D eigenvalue weighted by molar-refractivity contribution is -0.124. The number of fused-ring (bicyclic) bond motifs is 2. The highest BCUT2D eigenvalue weighted by Crippen LogP contribution is 2.34. The van der Waals surface area contributed by atoms with Crippen LogP contribution in [0.15, 0.2) is 12.1 Å². The normalized spacial score (nSPS) is 19.5. The van der Waals surface area contributed by atoms with E-state index in [4.69, 9.17) is 9.72 Å². The van der Waals surface area contributed by atoms with Crippen LogP contribution in [0.25, 0.3) is 22.6 Å². The van der Waals surface area contributed by atoms with Crippen molar-refractivity contribution in [2.75, 3.05) is 38.3 Å². The van der Waals surface area contributed by atoms with Gasteiger partial charge in [0.2, 0.25) is 5.91 Å². The Morgan fingerprint density at radius 2 is 2.18 bits per heavy atom. The summed E-state index contributed by atoms with van der Waals surface area (Å²) in [6, 6.07) is 5.62. The molecule has 2 N–H and O–H groups in total. The van der Waals surface area contributed by atoms with Crippen molar-refractivity contribution in [1.29, 1.82) is 5.26 Å². The van der Waals surface area contributed by atoms with Crippen LogP contribution >= 0.6 is 0 Å². The molecule has 1 aliphatic heterocycles. The van der Waals surface area contributed by atoms with Crippen LogP contribution in [-0.2, 0) is 22.4 Å². The second-order valence-corrected chi connectivity index (χ2v) is 9.35. The molecule has 1 saturated heterocycles. The zero-order valence-corrected chi connectivity index (χ0v) is 20.0. The molecule has 5 rings (SSSR count). The van der Waals surface area contributed by atoms with Gasteiger partial charge in [-0.05, 0) is 44.2 Å². The lowest BCUT2D eigenvalue weighted by Crippen LogP contribution is -2.50. The molecule has 9 heteroatoms. The molecular formula is C25H31N7O2. The third kappa shape index (κ3) is 3.97. The summed E-state index contributed by atoms with van der Waals surface area (Å²) < 4.78 is 5.41. The van der Waals surface area contributed by atoms with Crippen LogP contribution in [0.5, 0.6) is 0 Å². The maximum absolute atomic E-state index is 13.2. The summed E-state index contributed by atoms with van der Waals surface area (Å²) >= 11 is 0. The highest BCUT2D eigenvalue weighted by atomic mass is 16.5. The summed E-state index contributed by atoms with van der Waals surface area (Å²) in [5.74, 6) is 1.30. The van der Waals surface area contributed by atoms with Crippen LogP contribution in [0.3, 0.4) is 0 Å². The van der Waals surface area contributed by atoms with Crippen molar-refractivity contribution in [1.82, 2.24) is 25.1 Å². The Morgan fingerprint density at radius 1 is 1.38 bits per heavy atom. The lowest BCUT2D eigenvalue weighted by Gasteiger charge is -2.33. The van der Waals surface area contributed by atoms with Gasteiger partial charge in [-0.2, -0.15) is 10.4 Å². The second kappa shape index (κ2) is 9.20. The largest absolute Gasteiger partial charge is 0.379 e. The maximum Gasteiger partial charge on any atom is 0.243 e. The fourth-order valence-electron chi connectivity index (χ4n) is 5.13. The first-order chi connectivity index (χ1) is 16.5. The number of rotatable bonds is 5. The number of benzene rings is 1. The highest BCUT2D eigenvalue weighted by molar-refractivity contribution is 5.99. The molecule has 1 aliphatic carbocycles. The number of H-pyrrole nitrogens is 2. The molecule has 0 bridgehead atoms. The molecule has 34 heavy (non-hydrogen) atoms. The van der Waals surface area contributed by atoms with Crippen molar-refractivity contribution in [3.05, 3.63) is 29.0 Å². The van der Waals surface area contributed by atoms with Crippen LogP contribution in [0.2, 0.25) is 0 Å². The third-order valence-electron chi connectivity index (χ3n) is 7.42.